The van der Waals surface area contributed by atoms with Gasteiger partial charge in [-0.15, -0.1) is 0 Å². The quantitative estimate of drug-likeness (QED) is 0.0853. The van der Waals surface area contributed by atoms with Crippen molar-refractivity contribution in [3.05, 3.63) is 507 Å². The number of benzene rings is 18. The zero-order valence-electron chi connectivity index (χ0n) is 72.6. The second-order valence-electron chi connectivity index (χ2n) is 34.6. The molecule has 1 heterocycles. The van der Waals surface area contributed by atoms with Crippen molar-refractivity contribution in [1.29, 1.82) is 0 Å². The van der Waals surface area contributed by atoms with Crippen molar-refractivity contribution in [2.45, 2.75) is 57.8 Å². The van der Waals surface area contributed by atoms with Gasteiger partial charge in [-0.25, -0.2) is 0 Å². The van der Waals surface area contributed by atoms with Crippen molar-refractivity contribution in [1.82, 2.24) is 4.98 Å². The third-order valence-electron chi connectivity index (χ3n) is 25.6. The molecule has 6 heteroatoms. The fraction of sp³-hybridized carbons (Fsp3) is 0.0738. The molecule has 0 fully saturated rings. The maximum absolute atomic E-state index is 6.73. The van der Waals surface area contributed by atoms with Gasteiger partial charge in [-0.05, 0) is 262 Å². The number of nitrogens with zero attached hydrogens (tertiary/aromatic N) is 4. The van der Waals surface area contributed by atoms with Gasteiger partial charge in [-0.2, -0.15) is 0 Å². The molecule has 1 aromatic heterocycles. The molecule has 0 amide bonds. The number of aromatic nitrogens is 1. The standard InChI is InChI=1S/C45H35NO.C39H31NO.C38H30N2/c1-45(2)41-21-13-12-20-39(41)40-28-27-37(31-42(40)45)46(36-25-22-34(23-26-36)32-14-6-3-7-15-32)43-29-24-35(33-16-8-4-9-17-33)30-44(43)47-38-18-10-5-11-19-38;1-39(2)35-21-13-12-20-33(35)34-24-23-31(27-36(34)39)40(30-16-8-4-9-17-30)37-25-22-29(28-14-6-3-7-15-28)26-38(37)41-32-18-10-5-11-19-32;1-38(2)36-13-7-6-12-34(36)35-23-22-33(25-37(35)38)40(31-18-14-28(15-19-31)27-9-4-3-5-10-27)32-20-16-29(17-21-32)30-11-8-24-39-26-30/h3-31H,1-2H3;3-27H,1-2H3;3-26H,1-2H3. The lowest BCUT2D eigenvalue weighted by Gasteiger charge is -2.30. The zero-order chi connectivity index (χ0) is 86.7. The average Bonchev–Trinajstić information content (AvgIpc) is 1.56. The lowest BCUT2D eigenvalue weighted by molar-refractivity contribution is 0.483. The Kier molecular flexibility index (Phi) is 21.8. The summed E-state index contributed by atoms with van der Waals surface area (Å²) in [5, 5.41) is 0. The monoisotopic (exact) mass is 1650 g/mol. The summed E-state index contributed by atoms with van der Waals surface area (Å²) in [5.74, 6) is 3.18. The van der Waals surface area contributed by atoms with Crippen LogP contribution in [0.15, 0.2) is 473 Å². The first-order valence-electron chi connectivity index (χ1n) is 44.1. The van der Waals surface area contributed by atoms with E-state index in [1.807, 2.05) is 91.3 Å². The normalized spacial score (nSPS) is 12.8. The lowest BCUT2D eigenvalue weighted by Crippen LogP contribution is -2.16. The van der Waals surface area contributed by atoms with Gasteiger partial charge in [-0.3, -0.25) is 4.98 Å². The number of para-hydroxylation sites is 3. The predicted molar refractivity (Wildman–Crippen MR) is 534 cm³/mol. The summed E-state index contributed by atoms with van der Waals surface area (Å²) in [7, 11) is 0. The van der Waals surface area contributed by atoms with Crippen molar-refractivity contribution in [2.75, 3.05) is 14.7 Å². The Morgan fingerprint density at radius 1 is 0.188 bits per heavy atom. The minimum absolute atomic E-state index is 0.0606. The van der Waals surface area contributed by atoms with Crippen LogP contribution < -0.4 is 24.2 Å². The largest absolute Gasteiger partial charge is 0.455 e. The van der Waals surface area contributed by atoms with Crippen LogP contribution in [0.2, 0.25) is 0 Å². The fourth-order valence-corrected chi connectivity index (χ4v) is 19.0. The lowest BCUT2D eigenvalue weighted by atomic mass is 9.82. The highest BCUT2D eigenvalue weighted by atomic mass is 16.5. The topological polar surface area (TPSA) is 41.1 Å². The molecular weight excluding hydrogens is 1550 g/mol. The van der Waals surface area contributed by atoms with Gasteiger partial charge in [0.2, 0.25) is 0 Å². The number of anilines is 9. The Hall–Kier alpha value is -15.9. The molecule has 0 atom stereocenters. The summed E-state index contributed by atoms with van der Waals surface area (Å²) in [6.07, 6.45) is 3.72. The van der Waals surface area contributed by atoms with E-state index in [0.29, 0.717) is 0 Å². The molecule has 3 aliphatic rings. The third-order valence-corrected chi connectivity index (χ3v) is 25.6. The van der Waals surface area contributed by atoms with Crippen LogP contribution >= 0.6 is 0 Å². The molecule has 6 nitrogen and oxygen atoms in total. The number of hydrogen-bond acceptors (Lipinski definition) is 6. The summed E-state index contributed by atoms with van der Waals surface area (Å²) in [5.41, 5.74) is 37.1. The van der Waals surface area contributed by atoms with E-state index in [4.69, 9.17) is 9.47 Å². The molecule has 0 saturated heterocycles. The molecule has 0 bridgehead atoms. The molecular formula is C122H96N4O2. The Morgan fingerprint density at radius 2 is 0.438 bits per heavy atom. The SMILES string of the molecule is CC1(C)c2ccccc2-c2ccc(N(c3ccc(-c4ccccc4)cc3)c3ccc(-c4ccccc4)cc3Oc3ccccc3)cc21.CC1(C)c2ccccc2-c2ccc(N(c3ccc(-c4ccccc4)cc3)c3ccc(-c4cccnc4)cc3)cc21.CC1(C)c2ccccc2-c2ccc(N(c3ccccc3)c3ccc(-c4ccccc4)cc3Oc3ccccc3)cc21. The maximum Gasteiger partial charge on any atom is 0.152 e. The minimum Gasteiger partial charge on any atom is -0.455 e. The third kappa shape index (κ3) is 15.8. The number of pyridine rings is 1. The first kappa shape index (κ1) is 80.5. The molecule has 128 heavy (non-hydrogen) atoms. The first-order valence-corrected chi connectivity index (χ1v) is 44.1. The maximum atomic E-state index is 6.73. The number of fused-ring (bicyclic) bond motifs is 9. The van der Waals surface area contributed by atoms with E-state index in [0.717, 1.165) is 108 Å². The molecule has 0 radical (unpaired) electrons. The van der Waals surface area contributed by atoms with Crippen LogP contribution in [0.5, 0.6) is 23.0 Å². The molecule has 22 rings (SSSR count). The molecule has 616 valence electrons. The van der Waals surface area contributed by atoms with Crippen molar-refractivity contribution in [3.8, 4) is 112 Å². The Balaban J connectivity index is 0.000000121. The molecule has 0 aliphatic heterocycles. The van der Waals surface area contributed by atoms with E-state index in [1.54, 1.807) is 0 Å². The van der Waals surface area contributed by atoms with Crippen LogP contribution in [-0.2, 0) is 16.2 Å². The van der Waals surface area contributed by atoms with E-state index >= 15 is 0 Å². The Bertz CT molecular complexity index is 7070. The summed E-state index contributed by atoms with van der Waals surface area (Å²) in [6, 6.07) is 163. The highest BCUT2D eigenvalue weighted by molar-refractivity contribution is 5.92. The summed E-state index contributed by atoms with van der Waals surface area (Å²) in [4.78, 5) is 11.3. The van der Waals surface area contributed by atoms with Gasteiger partial charge >= 0.3 is 0 Å². The number of rotatable bonds is 18. The summed E-state index contributed by atoms with van der Waals surface area (Å²) < 4.78 is 13.4. The van der Waals surface area contributed by atoms with Crippen molar-refractivity contribution < 1.29 is 9.47 Å². The molecule has 0 N–H and O–H groups in total. The van der Waals surface area contributed by atoms with Crippen LogP contribution in [0.3, 0.4) is 0 Å². The molecule has 0 saturated carbocycles. The predicted octanol–water partition coefficient (Wildman–Crippen LogP) is 33.7. The Morgan fingerprint density at radius 3 is 0.781 bits per heavy atom. The van der Waals surface area contributed by atoms with Crippen molar-refractivity contribution in [3.63, 3.8) is 0 Å². The van der Waals surface area contributed by atoms with Crippen molar-refractivity contribution in [2.24, 2.45) is 0 Å². The molecule has 0 unspecified atom stereocenters. The minimum atomic E-state index is -0.120. The van der Waals surface area contributed by atoms with E-state index in [-0.39, 0.29) is 16.2 Å². The van der Waals surface area contributed by atoms with E-state index in [1.165, 1.54) is 89.0 Å². The second-order valence-corrected chi connectivity index (χ2v) is 34.6. The van der Waals surface area contributed by atoms with Gasteiger partial charge in [0.05, 0.1) is 11.4 Å². The molecule has 18 aromatic carbocycles. The van der Waals surface area contributed by atoms with E-state index < -0.39 is 0 Å². The molecule has 3 aliphatic carbocycles. The highest BCUT2D eigenvalue weighted by Gasteiger charge is 2.39. The second kappa shape index (κ2) is 34.7. The first-order chi connectivity index (χ1) is 62.7. The Labute approximate surface area is 751 Å². The van der Waals surface area contributed by atoms with Gasteiger partial charge in [0.15, 0.2) is 11.5 Å². The number of hydrogen-bond donors (Lipinski definition) is 0. The van der Waals surface area contributed by atoms with Crippen LogP contribution in [0.1, 0.15) is 74.9 Å². The van der Waals surface area contributed by atoms with E-state index in [9.17, 15) is 0 Å². The molecule has 0 spiro atoms. The van der Waals surface area contributed by atoms with Gasteiger partial charge in [0, 0.05) is 68.5 Å². The van der Waals surface area contributed by atoms with Crippen LogP contribution in [0.4, 0.5) is 51.2 Å². The van der Waals surface area contributed by atoms with E-state index in [2.05, 4.69) is 443 Å². The number of ether oxygens (including phenoxy) is 2. The average molecular weight is 1650 g/mol. The van der Waals surface area contributed by atoms with Crippen LogP contribution in [0, 0.1) is 0 Å². The van der Waals surface area contributed by atoms with Gasteiger partial charge in [0.1, 0.15) is 11.5 Å². The highest BCUT2D eigenvalue weighted by Crippen LogP contribution is 2.56. The summed E-state index contributed by atoms with van der Waals surface area (Å²) in [6.45, 7) is 14.0. The van der Waals surface area contributed by atoms with Crippen LogP contribution in [0.25, 0.3) is 89.0 Å². The van der Waals surface area contributed by atoms with Gasteiger partial charge in [0.25, 0.3) is 0 Å². The smallest absolute Gasteiger partial charge is 0.152 e. The van der Waals surface area contributed by atoms with Gasteiger partial charge in [-0.1, -0.05) is 363 Å². The van der Waals surface area contributed by atoms with Gasteiger partial charge < -0.3 is 24.2 Å². The fourth-order valence-electron chi connectivity index (χ4n) is 19.0. The van der Waals surface area contributed by atoms with Crippen molar-refractivity contribution >= 4 is 51.2 Å². The van der Waals surface area contributed by atoms with Crippen LogP contribution in [-0.4, -0.2) is 4.98 Å². The summed E-state index contributed by atoms with van der Waals surface area (Å²) >= 11 is 0. The molecule has 19 aromatic rings. The zero-order valence-corrected chi connectivity index (χ0v) is 72.6.